The van der Waals surface area contributed by atoms with E-state index in [1.165, 1.54) is 6.07 Å². The van der Waals surface area contributed by atoms with Crippen molar-refractivity contribution in [3.63, 3.8) is 0 Å². The van der Waals surface area contributed by atoms with E-state index in [1.807, 2.05) is 0 Å². The summed E-state index contributed by atoms with van der Waals surface area (Å²) in [5, 5.41) is 15.7. The molecule has 7 heteroatoms. The molecule has 0 radical (unpaired) electrons. The van der Waals surface area contributed by atoms with Gasteiger partial charge in [-0.1, -0.05) is 24.3 Å². The summed E-state index contributed by atoms with van der Waals surface area (Å²) in [4.78, 5) is 24.3. The number of amides is 2. The van der Waals surface area contributed by atoms with Gasteiger partial charge in [-0.3, -0.25) is 9.59 Å². The molecule has 160 valence electrons. The van der Waals surface area contributed by atoms with Gasteiger partial charge in [0.05, 0.1) is 11.6 Å². The van der Waals surface area contributed by atoms with Crippen LogP contribution in [0.4, 0.5) is 4.39 Å². The summed E-state index contributed by atoms with van der Waals surface area (Å²) in [6.45, 7) is 0.831. The van der Waals surface area contributed by atoms with Crippen LogP contribution in [0.5, 0.6) is 0 Å². The fourth-order valence-electron chi connectivity index (χ4n) is 4.59. The number of nitrogens with one attached hydrogen (secondary N) is 2. The highest BCUT2D eigenvalue weighted by atomic mass is 19.1. The number of fused-ring (bicyclic) bond motifs is 3. The van der Waals surface area contributed by atoms with Gasteiger partial charge in [0, 0.05) is 12.0 Å². The first-order valence-electron chi connectivity index (χ1n) is 10.5. The monoisotopic (exact) mass is 420 g/mol. The zero-order chi connectivity index (χ0) is 22.0. The lowest BCUT2D eigenvalue weighted by Gasteiger charge is -2.46. The molecule has 1 atom stereocenters. The van der Waals surface area contributed by atoms with E-state index in [9.17, 15) is 19.2 Å². The van der Waals surface area contributed by atoms with Gasteiger partial charge in [-0.15, -0.1) is 0 Å². The van der Waals surface area contributed by atoms with Crippen LogP contribution < -0.4 is 16.4 Å². The van der Waals surface area contributed by atoms with E-state index >= 15 is 0 Å². The normalized spacial score (nSPS) is 23.0. The molecule has 0 spiro atoms. The molecule has 6 nitrogen and oxygen atoms in total. The first-order valence-corrected chi connectivity index (χ1v) is 10.5. The third-order valence-corrected chi connectivity index (χ3v) is 6.54. The van der Waals surface area contributed by atoms with E-state index in [-0.39, 0.29) is 12.3 Å². The van der Waals surface area contributed by atoms with Gasteiger partial charge in [0.25, 0.3) is 0 Å². The minimum absolute atomic E-state index is 0.0778. The van der Waals surface area contributed by atoms with Crippen LogP contribution in [-0.4, -0.2) is 29.9 Å². The zero-order valence-corrected chi connectivity index (χ0v) is 17.2. The predicted molar refractivity (Wildman–Crippen MR) is 114 cm³/mol. The molecule has 1 saturated carbocycles. The van der Waals surface area contributed by atoms with Crippen molar-refractivity contribution < 1.29 is 14.0 Å². The Labute approximate surface area is 180 Å². The van der Waals surface area contributed by atoms with Gasteiger partial charge < -0.3 is 16.4 Å². The zero-order valence-electron chi connectivity index (χ0n) is 17.2. The highest BCUT2D eigenvalue weighted by molar-refractivity contribution is 5.94. The second-order valence-electron chi connectivity index (χ2n) is 8.52. The second-order valence-corrected chi connectivity index (χ2v) is 8.52. The van der Waals surface area contributed by atoms with E-state index in [4.69, 9.17) is 5.73 Å². The van der Waals surface area contributed by atoms with Gasteiger partial charge in [-0.05, 0) is 73.0 Å². The molecule has 1 aliphatic carbocycles. The molecule has 2 heterocycles. The van der Waals surface area contributed by atoms with E-state index in [1.54, 1.807) is 36.4 Å². The third kappa shape index (κ3) is 4.30. The van der Waals surface area contributed by atoms with Crippen LogP contribution in [0.3, 0.4) is 0 Å². The number of nitriles is 1. The van der Waals surface area contributed by atoms with Crippen molar-refractivity contribution in [2.75, 3.05) is 6.54 Å². The third-order valence-electron chi connectivity index (χ3n) is 6.54. The summed E-state index contributed by atoms with van der Waals surface area (Å²) >= 11 is 0. The molecule has 3 fully saturated rings. The molecule has 5 rings (SSSR count). The molecule has 2 aromatic rings. The summed E-state index contributed by atoms with van der Waals surface area (Å²) in [7, 11) is 0. The van der Waals surface area contributed by atoms with E-state index in [2.05, 4.69) is 16.7 Å². The standard InChI is InChI=1S/C24H25FN4O2/c25-21-12-17(16-2-1-3-19(10-16)22(27)30)4-5-18(21)11-20(13-26)29-23(31)24-8-6-15(7-9-24)14-28-24/h1-5,10,12,15,20,28H,6-9,11,14H2,(H2,27,30)(H,29,31)/t15?,20-,24?/m0/s1. The van der Waals surface area contributed by atoms with Crippen molar-refractivity contribution in [1.82, 2.24) is 10.6 Å². The van der Waals surface area contributed by atoms with Crippen molar-refractivity contribution in [3.05, 3.63) is 59.4 Å². The Hall–Kier alpha value is -3.24. The number of hydrogen-bond donors (Lipinski definition) is 3. The summed E-state index contributed by atoms with van der Waals surface area (Å²) < 4.78 is 14.8. The number of rotatable bonds is 6. The fraction of sp³-hybridized carbons (Fsp3) is 0.375. The van der Waals surface area contributed by atoms with Crippen molar-refractivity contribution in [1.29, 1.82) is 5.26 Å². The van der Waals surface area contributed by atoms with Gasteiger partial charge in [0.15, 0.2) is 0 Å². The molecule has 2 bridgehead atoms. The number of hydrogen-bond acceptors (Lipinski definition) is 4. The number of carbonyl (C=O) groups is 2. The average Bonchev–Trinajstić information content (AvgIpc) is 2.81. The van der Waals surface area contributed by atoms with Gasteiger partial charge in [0.2, 0.25) is 11.8 Å². The van der Waals surface area contributed by atoms with Crippen molar-refractivity contribution in [2.45, 2.75) is 43.7 Å². The Balaban J connectivity index is 1.47. The van der Waals surface area contributed by atoms with Crippen LogP contribution in [0.25, 0.3) is 11.1 Å². The Morgan fingerprint density at radius 3 is 2.58 bits per heavy atom. The lowest BCUT2D eigenvalue weighted by Crippen LogP contribution is -2.64. The first kappa shape index (κ1) is 21.0. The number of benzene rings is 2. The van der Waals surface area contributed by atoms with E-state index in [0.717, 1.165) is 32.2 Å². The molecule has 31 heavy (non-hydrogen) atoms. The minimum Gasteiger partial charge on any atom is -0.366 e. The molecule has 4 N–H and O–H groups in total. The van der Waals surface area contributed by atoms with Crippen molar-refractivity contribution in [3.8, 4) is 17.2 Å². The number of nitrogens with two attached hydrogens (primary N) is 1. The van der Waals surface area contributed by atoms with Crippen LogP contribution in [0.15, 0.2) is 42.5 Å². The van der Waals surface area contributed by atoms with Crippen LogP contribution in [0, 0.1) is 23.1 Å². The molecule has 2 aromatic carbocycles. The SMILES string of the molecule is N#C[C@H](Cc1ccc(-c2cccc(C(N)=O)c2)cc1F)NC(=O)C12CCC(CC1)CN2. The molecule has 0 unspecified atom stereocenters. The Morgan fingerprint density at radius 1 is 1.23 bits per heavy atom. The predicted octanol–water partition coefficient (Wildman–Crippen LogP) is 2.67. The summed E-state index contributed by atoms with van der Waals surface area (Å²) in [5.74, 6) is -0.548. The van der Waals surface area contributed by atoms with Gasteiger partial charge >= 0.3 is 0 Å². The maximum absolute atomic E-state index is 14.8. The smallest absolute Gasteiger partial charge is 0.248 e. The fourth-order valence-corrected chi connectivity index (χ4v) is 4.59. The minimum atomic E-state index is -0.818. The van der Waals surface area contributed by atoms with Crippen LogP contribution in [0.1, 0.15) is 41.6 Å². The first-order chi connectivity index (χ1) is 14.9. The number of carbonyl (C=O) groups excluding carboxylic acids is 2. The lowest BCUT2D eigenvalue weighted by molar-refractivity contribution is -0.131. The highest BCUT2D eigenvalue weighted by Gasteiger charge is 2.46. The number of nitrogens with zero attached hydrogens (tertiary/aromatic N) is 1. The summed E-state index contributed by atoms with van der Waals surface area (Å²) in [6.07, 6.45) is 3.66. The lowest BCUT2D eigenvalue weighted by atomic mass is 9.71. The molecule has 3 aliphatic rings. The van der Waals surface area contributed by atoms with Crippen LogP contribution in [0.2, 0.25) is 0 Å². The summed E-state index contributed by atoms with van der Waals surface area (Å²) in [5.41, 5.74) is 6.68. The largest absolute Gasteiger partial charge is 0.366 e. The van der Waals surface area contributed by atoms with Gasteiger partial charge in [-0.25, -0.2) is 4.39 Å². The second kappa shape index (κ2) is 8.48. The van der Waals surface area contributed by atoms with Crippen LogP contribution in [-0.2, 0) is 11.2 Å². The molecule has 2 saturated heterocycles. The maximum Gasteiger partial charge on any atom is 0.248 e. The maximum atomic E-state index is 14.8. The van der Waals surface area contributed by atoms with Gasteiger partial charge in [-0.2, -0.15) is 5.26 Å². The van der Waals surface area contributed by atoms with Crippen molar-refractivity contribution in [2.24, 2.45) is 11.7 Å². The van der Waals surface area contributed by atoms with Gasteiger partial charge in [0.1, 0.15) is 11.9 Å². The average molecular weight is 420 g/mol. The quantitative estimate of drug-likeness (QED) is 0.668. The number of primary amides is 1. The summed E-state index contributed by atoms with van der Waals surface area (Å²) in [6, 6.07) is 12.7. The number of halogens is 1. The molecule has 2 aliphatic heterocycles. The van der Waals surface area contributed by atoms with E-state index < -0.39 is 23.3 Å². The Morgan fingerprint density at radius 2 is 1.97 bits per heavy atom. The van der Waals surface area contributed by atoms with E-state index in [0.29, 0.717) is 28.2 Å². The molecular weight excluding hydrogens is 395 g/mol. The highest BCUT2D eigenvalue weighted by Crippen LogP contribution is 2.37. The molecule has 0 aromatic heterocycles. The molecule has 2 amide bonds. The topological polar surface area (TPSA) is 108 Å². The van der Waals surface area contributed by atoms with Crippen molar-refractivity contribution >= 4 is 11.8 Å². The Kier molecular flexibility index (Phi) is 5.75. The number of piperidine rings is 2. The molecular formula is C24H25FN4O2. The van der Waals surface area contributed by atoms with Crippen LogP contribution >= 0.6 is 0 Å². The Bertz CT molecular complexity index is 1040.